The van der Waals surface area contributed by atoms with E-state index in [1.54, 1.807) is 17.9 Å². The molecule has 0 atom stereocenters. The second-order valence-corrected chi connectivity index (χ2v) is 4.37. The van der Waals surface area contributed by atoms with E-state index < -0.39 is 0 Å². The largest absolute Gasteiger partial charge is 0.357 e. The molecule has 2 rings (SSSR count). The number of nitrogens with zero attached hydrogens (tertiary/aromatic N) is 7. The van der Waals surface area contributed by atoms with Gasteiger partial charge in [0.2, 0.25) is 17.8 Å². The number of aromatic nitrogens is 6. The Morgan fingerprint density at radius 3 is 2.65 bits per heavy atom. The highest BCUT2D eigenvalue weighted by atomic mass is 15.4. The van der Waals surface area contributed by atoms with Gasteiger partial charge in [-0.05, 0) is 6.42 Å². The first-order valence-corrected chi connectivity index (χ1v) is 6.38. The van der Waals surface area contributed by atoms with Crippen LogP contribution >= 0.6 is 0 Å². The van der Waals surface area contributed by atoms with Gasteiger partial charge in [0.1, 0.15) is 0 Å². The second kappa shape index (κ2) is 6.64. The van der Waals surface area contributed by atoms with E-state index in [9.17, 15) is 0 Å². The lowest BCUT2D eigenvalue weighted by Gasteiger charge is -2.13. The van der Waals surface area contributed by atoms with Gasteiger partial charge in [0.25, 0.3) is 0 Å². The van der Waals surface area contributed by atoms with E-state index in [2.05, 4.69) is 35.9 Å². The molecule has 0 aromatic carbocycles. The van der Waals surface area contributed by atoms with Crippen LogP contribution in [0.25, 0.3) is 0 Å². The van der Waals surface area contributed by atoms with Crippen LogP contribution in [0.3, 0.4) is 0 Å². The molecule has 9 heteroatoms. The molecule has 0 aliphatic rings. The maximum Gasteiger partial charge on any atom is 0.231 e. The van der Waals surface area contributed by atoms with Crippen LogP contribution in [0, 0.1) is 0 Å². The molecule has 0 saturated carbocycles. The Morgan fingerprint density at radius 2 is 2.00 bits per heavy atom. The lowest BCUT2D eigenvalue weighted by atomic mass is 10.4. The zero-order valence-electron chi connectivity index (χ0n) is 11.9. The van der Waals surface area contributed by atoms with Gasteiger partial charge < -0.3 is 15.5 Å². The minimum atomic E-state index is 0.544. The summed E-state index contributed by atoms with van der Waals surface area (Å²) in [4.78, 5) is 14.7. The third-order valence-electron chi connectivity index (χ3n) is 2.57. The molecule has 108 valence electrons. The average molecular weight is 277 g/mol. The second-order valence-electron chi connectivity index (χ2n) is 4.37. The molecule has 9 nitrogen and oxygen atoms in total. The van der Waals surface area contributed by atoms with Crippen molar-refractivity contribution >= 4 is 17.8 Å². The van der Waals surface area contributed by atoms with Crippen molar-refractivity contribution in [2.24, 2.45) is 0 Å². The fourth-order valence-electron chi connectivity index (χ4n) is 1.55. The van der Waals surface area contributed by atoms with Crippen LogP contribution in [0.1, 0.15) is 6.42 Å². The van der Waals surface area contributed by atoms with Crippen LogP contribution in [-0.4, -0.2) is 57.6 Å². The average Bonchev–Trinajstić information content (AvgIpc) is 2.96. The molecule has 0 aliphatic heterocycles. The molecule has 2 N–H and O–H groups in total. The molecule has 0 spiro atoms. The third-order valence-corrected chi connectivity index (χ3v) is 2.57. The van der Waals surface area contributed by atoms with Crippen molar-refractivity contribution in [1.29, 1.82) is 0 Å². The van der Waals surface area contributed by atoms with Crippen LogP contribution in [0.15, 0.2) is 12.4 Å². The minimum Gasteiger partial charge on any atom is -0.357 e. The van der Waals surface area contributed by atoms with Crippen LogP contribution in [0.5, 0.6) is 0 Å². The normalized spacial score (nSPS) is 10.3. The molecule has 20 heavy (non-hydrogen) atoms. The summed E-state index contributed by atoms with van der Waals surface area (Å²) in [5.74, 6) is 1.72. The first-order valence-electron chi connectivity index (χ1n) is 6.38. The molecule has 0 aliphatic carbocycles. The fraction of sp³-hybridized carbons (Fsp3) is 0.545. The Morgan fingerprint density at radius 1 is 1.20 bits per heavy atom. The molecule has 0 amide bonds. The van der Waals surface area contributed by atoms with Crippen LogP contribution in [-0.2, 0) is 6.54 Å². The fourth-order valence-corrected chi connectivity index (χ4v) is 1.55. The molecule has 0 fully saturated rings. The van der Waals surface area contributed by atoms with Crippen molar-refractivity contribution < 1.29 is 0 Å². The summed E-state index contributed by atoms with van der Waals surface area (Å²) in [7, 11) is 5.57. The van der Waals surface area contributed by atoms with E-state index in [-0.39, 0.29) is 0 Å². The van der Waals surface area contributed by atoms with E-state index in [1.165, 1.54) is 0 Å². The van der Waals surface area contributed by atoms with Crippen molar-refractivity contribution in [3.05, 3.63) is 12.4 Å². The predicted molar refractivity (Wildman–Crippen MR) is 76.8 cm³/mol. The van der Waals surface area contributed by atoms with Crippen molar-refractivity contribution in [1.82, 2.24) is 29.9 Å². The van der Waals surface area contributed by atoms with Gasteiger partial charge in [-0.15, -0.1) is 5.10 Å². The summed E-state index contributed by atoms with van der Waals surface area (Å²) in [6.07, 6.45) is 4.41. The Hall–Kier alpha value is -2.45. The van der Waals surface area contributed by atoms with Crippen molar-refractivity contribution in [2.75, 3.05) is 43.2 Å². The molecular weight excluding hydrogens is 258 g/mol. The molecule has 0 saturated heterocycles. The summed E-state index contributed by atoms with van der Waals surface area (Å²) < 4.78 is 1.79. The number of hydrogen-bond acceptors (Lipinski definition) is 8. The lowest BCUT2D eigenvalue weighted by Crippen LogP contribution is -2.17. The first kappa shape index (κ1) is 14.0. The summed E-state index contributed by atoms with van der Waals surface area (Å²) in [5.41, 5.74) is 0. The van der Waals surface area contributed by atoms with Crippen LogP contribution < -0.4 is 15.5 Å². The Kier molecular flexibility index (Phi) is 4.64. The Balaban J connectivity index is 1.89. The molecule has 0 unspecified atom stereocenters. The topological polar surface area (TPSA) is 96.7 Å². The van der Waals surface area contributed by atoms with Gasteiger partial charge in [0, 0.05) is 40.4 Å². The van der Waals surface area contributed by atoms with Gasteiger partial charge in [-0.2, -0.15) is 15.0 Å². The first-order chi connectivity index (χ1) is 9.69. The highest BCUT2D eigenvalue weighted by molar-refractivity contribution is 5.42. The van der Waals surface area contributed by atoms with E-state index in [0.717, 1.165) is 19.5 Å². The zero-order chi connectivity index (χ0) is 14.4. The van der Waals surface area contributed by atoms with E-state index in [0.29, 0.717) is 17.8 Å². The number of aryl methyl sites for hydroxylation is 1. The highest BCUT2D eigenvalue weighted by Crippen LogP contribution is 2.10. The molecular formula is C11H19N9. The van der Waals surface area contributed by atoms with Gasteiger partial charge in [-0.3, -0.25) is 4.68 Å². The summed E-state index contributed by atoms with van der Waals surface area (Å²) in [6, 6.07) is 0. The molecule has 2 aromatic heterocycles. The minimum absolute atomic E-state index is 0.544. The Bertz CT molecular complexity index is 523. The van der Waals surface area contributed by atoms with Gasteiger partial charge in [0.05, 0.1) is 6.20 Å². The van der Waals surface area contributed by atoms with Crippen LogP contribution in [0.2, 0.25) is 0 Å². The highest BCUT2D eigenvalue weighted by Gasteiger charge is 2.06. The smallest absolute Gasteiger partial charge is 0.231 e. The van der Waals surface area contributed by atoms with E-state index in [1.807, 2.05) is 25.2 Å². The molecule has 0 bridgehead atoms. The van der Waals surface area contributed by atoms with Crippen LogP contribution in [0.4, 0.5) is 17.8 Å². The van der Waals surface area contributed by atoms with Crippen molar-refractivity contribution in [3.8, 4) is 0 Å². The zero-order valence-corrected chi connectivity index (χ0v) is 11.9. The summed E-state index contributed by atoms with van der Waals surface area (Å²) in [6.45, 7) is 1.55. The number of rotatable bonds is 7. The number of nitrogens with one attached hydrogen (secondary N) is 2. The van der Waals surface area contributed by atoms with Gasteiger partial charge >= 0.3 is 0 Å². The lowest BCUT2D eigenvalue weighted by molar-refractivity contribution is 0.569. The number of hydrogen-bond donors (Lipinski definition) is 2. The Labute approximate surface area is 117 Å². The SMILES string of the molecule is CNc1nc(NCCCn2ccnn2)nc(N(C)C)n1. The van der Waals surface area contributed by atoms with Gasteiger partial charge in [0.15, 0.2) is 0 Å². The van der Waals surface area contributed by atoms with E-state index in [4.69, 9.17) is 0 Å². The maximum absolute atomic E-state index is 4.33. The number of anilines is 3. The molecule has 2 heterocycles. The third kappa shape index (κ3) is 3.77. The van der Waals surface area contributed by atoms with Gasteiger partial charge in [-0.25, -0.2) is 0 Å². The van der Waals surface area contributed by atoms with Crippen molar-refractivity contribution in [2.45, 2.75) is 13.0 Å². The quantitative estimate of drug-likeness (QED) is 0.686. The van der Waals surface area contributed by atoms with Crippen molar-refractivity contribution in [3.63, 3.8) is 0 Å². The maximum atomic E-state index is 4.33. The summed E-state index contributed by atoms with van der Waals surface area (Å²) in [5, 5.41) is 13.8. The predicted octanol–water partition coefficient (Wildman–Crippen LogP) is 0.0730. The molecule has 2 aromatic rings. The molecule has 0 radical (unpaired) electrons. The standard InChI is InChI=1S/C11H19N9/c1-12-9-15-10(17-11(16-9)19(2)3)13-5-4-7-20-8-6-14-18-20/h6,8H,4-5,7H2,1-3H3,(H2,12,13,15,16,17). The van der Waals surface area contributed by atoms with E-state index >= 15 is 0 Å². The monoisotopic (exact) mass is 277 g/mol. The summed E-state index contributed by atoms with van der Waals surface area (Å²) >= 11 is 0. The van der Waals surface area contributed by atoms with Gasteiger partial charge in [-0.1, -0.05) is 5.21 Å².